The van der Waals surface area contributed by atoms with Crippen LogP contribution in [0.15, 0.2) is 72.9 Å². The number of para-hydroxylation sites is 1. The van der Waals surface area contributed by atoms with Crippen LogP contribution in [-0.2, 0) is 4.79 Å². The minimum atomic E-state index is -0.599. The molecule has 0 aliphatic carbocycles. The lowest BCUT2D eigenvalue weighted by Crippen LogP contribution is -2.32. The number of fused-ring (bicyclic) bond motifs is 1. The Morgan fingerprint density at radius 2 is 1.88 bits per heavy atom. The Kier molecular flexibility index (Phi) is 5.77. The van der Waals surface area contributed by atoms with Gasteiger partial charge in [-0.3, -0.25) is 9.78 Å². The number of aliphatic hydroxyl groups is 1. The second-order valence-electron chi connectivity index (χ2n) is 6.33. The van der Waals surface area contributed by atoms with E-state index in [0.717, 1.165) is 22.0 Å². The molecule has 2 N–H and O–H groups in total. The number of amides is 1. The topological polar surface area (TPSA) is 62.2 Å². The Labute approximate surface area is 153 Å². The van der Waals surface area contributed by atoms with E-state index in [4.69, 9.17) is 0 Å². The van der Waals surface area contributed by atoms with E-state index in [2.05, 4.69) is 10.3 Å². The van der Waals surface area contributed by atoms with Gasteiger partial charge in [-0.2, -0.15) is 0 Å². The molecule has 26 heavy (non-hydrogen) atoms. The first-order valence-corrected chi connectivity index (χ1v) is 8.69. The molecule has 4 heteroatoms. The number of carbonyl (C=O) groups excluding carboxylic acids is 1. The molecule has 0 bridgehead atoms. The second-order valence-corrected chi connectivity index (χ2v) is 6.33. The summed E-state index contributed by atoms with van der Waals surface area (Å²) >= 11 is 0. The molecule has 1 heterocycles. The number of pyridine rings is 1. The minimum absolute atomic E-state index is 0.145. The number of benzene rings is 2. The highest BCUT2D eigenvalue weighted by molar-refractivity contribution is 5.95. The third-order valence-electron chi connectivity index (χ3n) is 4.23. The van der Waals surface area contributed by atoms with Crippen molar-refractivity contribution in [1.82, 2.24) is 10.3 Å². The lowest BCUT2D eigenvalue weighted by atomic mass is 10.0. The zero-order valence-corrected chi connectivity index (χ0v) is 14.7. The number of nitrogens with zero attached hydrogens (tertiary/aromatic N) is 1. The fourth-order valence-electron chi connectivity index (χ4n) is 2.92. The van der Waals surface area contributed by atoms with Gasteiger partial charge in [0.25, 0.3) is 0 Å². The maximum atomic E-state index is 12.2. The van der Waals surface area contributed by atoms with Gasteiger partial charge < -0.3 is 10.4 Å². The SMILES string of the molecule is CC(CC(O)c1ccccc1)NC(=O)/C=C/c1cccc2cccnc12. The molecule has 132 valence electrons. The van der Waals surface area contributed by atoms with Gasteiger partial charge in [-0.1, -0.05) is 54.6 Å². The fraction of sp³-hybridized carbons (Fsp3) is 0.182. The van der Waals surface area contributed by atoms with Gasteiger partial charge in [0.15, 0.2) is 0 Å². The summed E-state index contributed by atoms with van der Waals surface area (Å²) in [5, 5.41) is 14.2. The first-order chi connectivity index (χ1) is 12.6. The van der Waals surface area contributed by atoms with E-state index in [1.807, 2.05) is 67.6 Å². The monoisotopic (exact) mass is 346 g/mol. The largest absolute Gasteiger partial charge is 0.388 e. The van der Waals surface area contributed by atoms with Crippen molar-refractivity contribution in [1.29, 1.82) is 0 Å². The van der Waals surface area contributed by atoms with Crippen LogP contribution in [0.1, 0.15) is 30.6 Å². The maximum absolute atomic E-state index is 12.2. The van der Waals surface area contributed by atoms with E-state index in [1.54, 1.807) is 12.3 Å². The van der Waals surface area contributed by atoms with Crippen molar-refractivity contribution in [3.63, 3.8) is 0 Å². The van der Waals surface area contributed by atoms with E-state index in [-0.39, 0.29) is 11.9 Å². The highest BCUT2D eigenvalue weighted by atomic mass is 16.3. The predicted octanol–water partition coefficient (Wildman–Crippen LogP) is 3.88. The Balaban J connectivity index is 1.60. The number of hydrogen-bond acceptors (Lipinski definition) is 3. The van der Waals surface area contributed by atoms with Crippen molar-refractivity contribution in [3.05, 3.63) is 84.1 Å². The highest BCUT2D eigenvalue weighted by Crippen LogP contribution is 2.18. The lowest BCUT2D eigenvalue weighted by Gasteiger charge is -2.17. The quantitative estimate of drug-likeness (QED) is 0.666. The Bertz CT molecular complexity index is 901. The smallest absolute Gasteiger partial charge is 0.244 e. The van der Waals surface area contributed by atoms with Crippen molar-refractivity contribution in [2.45, 2.75) is 25.5 Å². The average Bonchev–Trinajstić information content (AvgIpc) is 2.67. The van der Waals surface area contributed by atoms with Gasteiger partial charge >= 0.3 is 0 Å². The van der Waals surface area contributed by atoms with E-state index < -0.39 is 6.10 Å². The molecular weight excluding hydrogens is 324 g/mol. The van der Waals surface area contributed by atoms with Gasteiger partial charge in [-0.05, 0) is 31.1 Å². The van der Waals surface area contributed by atoms with E-state index in [0.29, 0.717) is 6.42 Å². The molecule has 1 amide bonds. The van der Waals surface area contributed by atoms with Crippen molar-refractivity contribution in [3.8, 4) is 0 Å². The van der Waals surface area contributed by atoms with Crippen molar-refractivity contribution < 1.29 is 9.90 Å². The maximum Gasteiger partial charge on any atom is 0.244 e. The van der Waals surface area contributed by atoms with Gasteiger partial charge in [0, 0.05) is 29.3 Å². The summed E-state index contributed by atoms with van der Waals surface area (Å²) < 4.78 is 0. The van der Waals surface area contributed by atoms with Gasteiger partial charge in [0.05, 0.1) is 11.6 Å². The van der Waals surface area contributed by atoms with E-state index in [9.17, 15) is 9.90 Å². The molecule has 0 spiro atoms. The minimum Gasteiger partial charge on any atom is -0.388 e. The number of hydrogen-bond donors (Lipinski definition) is 2. The van der Waals surface area contributed by atoms with Crippen molar-refractivity contribution in [2.24, 2.45) is 0 Å². The Morgan fingerprint density at radius 3 is 2.69 bits per heavy atom. The molecule has 0 saturated heterocycles. The summed E-state index contributed by atoms with van der Waals surface area (Å²) in [6.07, 6.45) is 4.88. The molecule has 0 fully saturated rings. The van der Waals surface area contributed by atoms with Gasteiger partial charge in [0.2, 0.25) is 5.91 Å². The molecule has 1 aromatic heterocycles. The Morgan fingerprint density at radius 1 is 1.12 bits per heavy atom. The van der Waals surface area contributed by atoms with Crippen LogP contribution in [0.5, 0.6) is 0 Å². The summed E-state index contributed by atoms with van der Waals surface area (Å²) in [5.41, 5.74) is 2.62. The molecule has 0 radical (unpaired) electrons. The van der Waals surface area contributed by atoms with Gasteiger partial charge in [-0.15, -0.1) is 0 Å². The van der Waals surface area contributed by atoms with E-state index in [1.165, 1.54) is 6.08 Å². The van der Waals surface area contributed by atoms with Gasteiger partial charge in [0.1, 0.15) is 0 Å². The molecule has 0 aliphatic rings. The van der Waals surface area contributed by atoms with Crippen LogP contribution in [-0.4, -0.2) is 22.0 Å². The molecule has 4 nitrogen and oxygen atoms in total. The van der Waals surface area contributed by atoms with Crippen LogP contribution < -0.4 is 5.32 Å². The summed E-state index contributed by atoms with van der Waals surface area (Å²) in [7, 11) is 0. The third kappa shape index (κ3) is 4.55. The van der Waals surface area contributed by atoms with Crippen LogP contribution >= 0.6 is 0 Å². The fourth-order valence-corrected chi connectivity index (χ4v) is 2.92. The summed E-state index contributed by atoms with van der Waals surface area (Å²) in [5.74, 6) is -0.189. The normalized spacial score (nSPS) is 13.6. The lowest BCUT2D eigenvalue weighted by molar-refractivity contribution is -0.117. The number of aliphatic hydroxyl groups excluding tert-OH is 1. The predicted molar refractivity (Wildman–Crippen MR) is 104 cm³/mol. The van der Waals surface area contributed by atoms with Crippen LogP contribution in [0.3, 0.4) is 0 Å². The first-order valence-electron chi connectivity index (χ1n) is 8.69. The molecule has 0 aliphatic heterocycles. The Hall–Kier alpha value is -2.98. The van der Waals surface area contributed by atoms with Gasteiger partial charge in [-0.25, -0.2) is 0 Å². The molecule has 3 rings (SSSR count). The standard InChI is InChI=1S/C22H22N2O2/c1-16(15-20(25)17-7-3-2-4-8-17)24-21(26)13-12-19-10-5-9-18-11-6-14-23-22(18)19/h2-14,16,20,25H,15H2,1H3,(H,24,26)/b13-12+. The van der Waals surface area contributed by atoms with Crippen LogP contribution in [0.4, 0.5) is 0 Å². The molecule has 2 unspecified atom stereocenters. The highest BCUT2D eigenvalue weighted by Gasteiger charge is 2.13. The zero-order chi connectivity index (χ0) is 18.4. The average molecular weight is 346 g/mol. The first kappa shape index (κ1) is 17.8. The second kappa shape index (κ2) is 8.41. The molecule has 2 atom stereocenters. The van der Waals surface area contributed by atoms with Crippen molar-refractivity contribution >= 4 is 22.9 Å². The zero-order valence-electron chi connectivity index (χ0n) is 14.7. The molecular formula is C22H22N2O2. The summed E-state index contributed by atoms with van der Waals surface area (Å²) in [4.78, 5) is 16.6. The number of rotatable bonds is 6. The molecule has 3 aromatic rings. The number of carbonyl (C=O) groups is 1. The molecule has 0 saturated carbocycles. The summed E-state index contributed by atoms with van der Waals surface area (Å²) in [6, 6.07) is 19.1. The van der Waals surface area contributed by atoms with Crippen LogP contribution in [0, 0.1) is 0 Å². The number of aromatic nitrogens is 1. The van der Waals surface area contributed by atoms with E-state index >= 15 is 0 Å². The van der Waals surface area contributed by atoms with Crippen LogP contribution in [0.25, 0.3) is 17.0 Å². The third-order valence-corrected chi connectivity index (χ3v) is 4.23. The summed E-state index contributed by atoms with van der Waals surface area (Å²) in [6.45, 7) is 1.89. The van der Waals surface area contributed by atoms with Crippen molar-refractivity contribution in [2.75, 3.05) is 0 Å². The van der Waals surface area contributed by atoms with Crippen LogP contribution in [0.2, 0.25) is 0 Å². The number of nitrogens with one attached hydrogen (secondary N) is 1. The molecule has 2 aromatic carbocycles.